The number of aromatic nitrogens is 2. The molecule has 1 aromatic carbocycles. The van der Waals surface area contributed by atoms with E-state index in [4.69, 9.17) is 10.7 Å². The molecular weight excluding hydrogens is 290 g/mol. The fourth-order valence-electron chi connectivity index (χ4n) is 2.23. The van der Waals surface area contributed by atoms with E-state index >= 15 is 0 Å². The van der Waals surface area contributed by atoms with Crippen molar-refractivity contribution in [1.82, 2.24) is 9.55 Å². The van der Waals surface area contributed by atoms with Gasteiger partial charge in [-0.15, -0.1) is 0 Å². The standard InChI is InChI=1S/C14H20BrN3/c1-9(2)18-12-6-5-10(15)7-11(12)17-13(18)8-14(3,4)16/h5-7,9H,8,16H2,1-4H3. The Balaban J connectivity index is 2.61. The predicted octanol–water partition coefficient (Wildman–Crippen LogP) is 3.66. The molecule has 0 spiro atoms. The average molecular weight is 310 g/mol. The molecule has 2 rings (SSSR count). The molecule has 0 aliphatic heterocycles. The third-order valence-electron chi connectivity index (χ3n) is 2.85. The topological polar surface area (TPSA) is 43.8 Å². The average Bonchev–Trinajstić information content (AvgIpc) is 2.51. The highest BCUT2D eigenvalue weighted by Crippen LogP contribution is 2.25. The lowest BCUT2D eigenvalue weighted by atomic mass is 10.0. The van der Waals surface area contributed by atoms with Crippen LogP contribution in [0.3, 0.4) is 0 Å². The molecule has 3 nitrogen and oxygen atoms in total. The van der Waals surface area contributed by atoms with E-state index in [1.807, 2.05) is 13.8 Å². The van der Waals surface area contributed by atoms with Crippen molar-refractivity contribution in [2.75, 3.05) is 0 Å². The third kappa shape index (κ3) is 2.75. The van der Waals surface area contributed by atoms with Crippen molar-refractivity contribution in [2.24, 2.45) is 5.73 Å². The van der Waals surface area contributed by atoms with E-state index in [0.717, 1.165) is 22.2 Å². The van der Waals surface area contributed by atoms with Crippen LogP contribution in [0.15, 0.2) is 22.7 Å². The molecule has 4 heteroatoms. The Hall–Kier alpha value is -0.870. The van der Waals surface area contributed by atoms with Crippen LogP contribution in [0.2, 0.25) is 0 Å². The van der Waals surface area contributed by atoms with Gasteiger partial charge in [-0.05, 0) is 45.9 Å². The van der Waals surface area contributed by atoms with Gasteiger partial charge < -0.3 is 10.3 Å². The normalized spacial score (nSPS) is 12.6. The minimum Gasteiger partial charge on any atom is -0.325 e. The van der Waals surface area contributed by atoms with E-state index in [1.54, 1.807) is 0 Å². The summed E-state index contributed by atoms with van der Waals surface area (Å²) in [5.74, 6) is 1.06. The zero-order valence-electron chi connectivity index (χ0n) is 11.4. The molecule has 2 aromatic rings. The van der Waals surface area contributed by atoms with Crippen LogP contribution in [-0.4, -0.2) is 15.1 Å². The van der Waals surface area contributed by atoms with Crippen LogP contribution in [0.5, 0.6) is 0 Å². The fourth-order valence-corrected chi connectivity index (χ4v) is 2.58. The first-order valence-electron chi connectivity index (χ1n) is 6.23. The zero-order valence-corrected chi connectivity index (χ0v) is 13.0. The lowest BCUT2D eigenvalue weighted by molar-refractivity contribution is 0.475. The molecule has 98 valence electrons. The molecule has 0 amide bonds. The monoisotopic (exact) mass is 309 g/mol. The van der Waals surface area contributed by atoms with Crippen LogP contribution in [-0.2, 0) is 6.42 Å². The van der Waals surface area contributed by atoms with Gasteiger partial charge in [0.05, 0.1) is 11.0 Å². The van der Waals surface area contributed by atoms with Crippen LogP contribution in [0.4, 0.5) is 0 Å². The number of hydrogen-bond donors (Lipinski definition) is 1. The molecule has 18 heavy (non-hydrogen) atoms. The van der Waals surface area contributed by atoms with Crippen LogP contribution >= 0.6 is 15.9 Å². The van der Waals surface area contributed by atoms with Crippen molar-refractivity contribution >= 4 is 27.0 Å². The quantitative estimate of drug-likeness (QED) is 0.940. The van der Waals surface area contributed by atoms with Gasteiger partial charge in [0.2, 0.25) is 0 Å². The largest absolute Gasteiger partial charge is 0.325 e. The summed E-state index contributed by atoms with van der Waals surface area (Å²) >= 11 is 3.49. The summed E-state index contributed by atoms with van der Waals surface area (Å²) in [6, 6.07) is 6.61. The Morgan fingerprint density at radius 1 is 1.39 bits per heavy atom. The van der Waals surface area contributed by atoms with Gasteiger partial charge in [-0.3, -0.25) is 0 Å². The van der Waals surface area contributed by atoms with E-state index in [1.165, 1.54) is 5.52 Å². The molecule has 1 aromatic heterocycles. The molecule has 0 fully saturated rings. The van der Waals surface area contributed by atoms with Gasteiger partial charge in [0.25, 0.3) is 0 Å². The van der Waals surface area contributed by atoms with E-state index in [9.17, 15) is 0 Å². The lowest BCUT2D eigenvalue weighted by Gasteiger charge is -2.20. The van der Waals surface area contributed by atoms with E-state index in [2.05, 4.69) is 52.5 Å². The molecule has 0 radical (unpaired) electrons. The number of halogens is 1. The second-order valence-corrected chi connectivity index (χ2v) is 6.71. The van der Waals surface area contributed by atoms with Gasteiger partial charge in [-0.1, -0.05) is 15.9 Å². The minimum atomic E-state index is -0.245. The molecule has 0 saturated carbocycles. The summed E-state index contributed by atoms with van der Waals surface area (Å²) in [4.78, 5) is 4.73. The zero-order chi connectivity index (χ0) is 13.5. The number of hydrogen-bond acceptors (Lipinski definition) is 2. The van der Waals surface area contributed by atoms with Crippen molar-refractivity contribution in [1.29, 1.82) is 0 Å². The maximum atomic E-state index is 6.13. The molecule has 0 aliphatic carbocycles. The summed E-state index contributed by atoms with van der Waals surface area (Å²) in [6.07, 6.45) is 0.775. The van der Waals surface area contributed by atoms with Crippen molar-refractivity contribution in [3.63, 3.8) is 0 Å². The van der Waals surface area contributed by atoms with Crippen LogP contribution in [0, 0.1) is 0 Å². The second-order valence-electron chi connectivity index (χ2n) is 5.79. The smallest absolute Gasteiger partial charge is 0.111 e. The summed E-state index contributed by atoms with van der Waals surface area (Å²) in [5.41, 5.74) is 8.08. The molecule has 0 aliphatic rings. The highest BCUT2D eigenvalue weighted by Gasteiger charge is 2.19. The number of rotatable bonds is 3. The van der Waals surface area contributed by atoms with Gasteiger partial charge in [-0.25, -0.2) is 4.98 Å². The number of nitrogens with two attached hydrogens (primary N) is 1. The SMILES string of the molecule is CC(C)n1c(CC(C)(C)N)nc2cc(Br)ccc21. The van der Waals surface area contributed by atoms with E-state index in [-0.39, 0.29) is 5.54 Å². The number of fused-ring (bicyclic) bond motifs is 1. The fraction of sp³-hybridized carbons (Fsp3) is 0.500. The lowest BCUT2D eigenvalue weighted by Crippen LogP contribution is -2.35. The molecule has 0 unspecified atom stereocenters. The van der Waals surface area contributed by atoms with Crippen molar-refractivity contribution in [3.05, 3.63) is 28.5 Å². The number of imidazole rings is 1. The molecule has 0 saturated heterocycles. The van der Waals surface area contributed by atoms with Gasteiger partial charge in [-0.2, -0.15) is 0 Å². The van der Waals surface area contributed by atoms with Crippen LogP contribution < -0.4 is 5.73 Å². The summed E-state index contributed by atoms with van der Waals surface area (Å²) in [6.45, 7) is 8.42. The van der Waals surface area contributed by atoms with Crippen LogP contribution in [0.1, 0.15) is 39.6 Å². The van der Waals surface area contributed by atoms with Gasteiger partial charge >= 0.3 is 0 Å². The highest BCUT2D eigenvalue weighted by molar-refractivity contribution is 9.10. The second kappa shape index (κ2) is 4.67. The first kappa shape index (κ1) is 13.6. The summed E-state index contributed by atoms with van der Waals surface area (Å²) in [7, 11) is 0. The predicted molar refractivity (Wildman–Crippen MR) is 79.8 cm³/mol. The minimum absolute atomic E-state index is 0.245. The first-order valence-corrected chi connectivity index (χ1v) is 7.02. The maximum absolute atomic E-state index is 6.13. The Kier molecular flexibility index (Phi) is 3.52. The Bertz CT molecular complexity index is 564. The van der Waals surface area contributed by atoms with E-state index in [0.29, 0.717) is 6.04 Å². The van der Waals surface area contributed by atoms with E-state index < -0.39 is 0 Å². The first-order chi connectivity index (χ1) is 8.28. The summed E-state index contributed by atoms with van der Waals surface area (Å²) < 4.78 is 3.33. The van der Waals surface area contributed by atoms with Gasteiger partial charge in [0, 0.05) is 22.5 Å². The Morgan fingerprint density at radius 3 is 2.61 bits per heavy atom. The van der Waals surface area contributed by atoms with Crippen molar-refractivity contribution in [2.45, 2.75) is 45.7 Å². The van der Waals surface area contributed by atoms with Gasteiger partial charge in [0.1, 0.15) is 5.82 Å². The van der Waals surface area contributed by atoms with Crippen LogP contribution in [0.25, 0.3) is 11.0 Å². The summed E-state index contributed by atoms with van der Waals surface area (Å²) in [5, 5.41) is 0. The maximum Gasteiger partial charge on any atom is 0.111 e. The van der Waals surface area contributed by atoms with Crippen molar-refractivity contribution in [3.8, 4) is 0 Å². The number of benzene rings is 1. The molecular formula is C14H20BrN3. The van der Waals surface area contributed by atoms with Crippen molar-refractivity contribution < 1.29 is 0 Å². The Labute approximate surface area is 117 Å². The molecule has 0 bridgehead atoms. The molecule has 0 atom stereocenters. The molecule has 1 heterocycles. The van der Waals surface area contributed by atoms with Gasteiger partial charge in [0.15, 0.2) is 0 Å². The molecule has 2 N–H and O–H groups in total. The Morgan fingerprint density at radius 2 is 2.06 bits per heavy atom. The third-order valence-corrected chi connectivity index (χ3v) is 3.35. The highest BCUT2D eigenvalue weighted by atomic mass is 79.9. The number of nitrogens with zero attached hydrogens (tertiary/aromatic N) is 2.